The lowest BCUT2D eigenvalue weighted by molar-refractivity contribution is -0.114. The first-order valence-electron chi connectivity index (χ1n) is 7.33. The summed E-state index contributed by atoms with van der Waals surface area (Å²) in [6, 6.07) is 8.18. The summed E-state index contributed by atoms with van der Waals surface area (Å²) >= 11 is 0. The zero-order chi connectivity index (χ0) is 13.5. The smallest absolute Gasteiger partial charge is 0.221 e. The number of anilines is 1. The van der Waals surface area contributed by atoms with Crippen molar-refractivity contribution >= 4 is 11.6 Å². The van der Waals surface area contributed by atoms with Gasteiger partial charge in [0.15, 0.2) is 0 Å². The molecule has 1 N–H and O–H groups in total. The fourth-order valence-electron chi connectivity index (χ4n) is 2.70. The Labute approximate surface area is 116 Å². The molecule has 104 valence electrons. The number of aryl methyl sites for hydroxylation is 1. The molecule has 1 aromatic carbocycles. The Kier molecular flexibility index (Phi) is 5.40. The van der Waals surface area contributed by atoms with Crippen LogP contribution < -0.4 is 5.32 Å². The minimum atomic E-state index is -0.00883. The molecule has 1 fully saturated rings. The maximum atomic E-state index is 11.0. The minimum absolute atomic E-state index is 0.00883. The maximum absolute atomic E-state index is 11.0. The number of hydrogen-bond donors (Lipinski definition) is 1. The highest BCUT2D eigenvalue weighted by Crippen LogP contribution is 2.14. The molecule has 0 unspecified atom stereocenters. The molecule has 0 saturated carbocycles. The molecule has 0 spiro atoms. The van der Waals surface area contributed by atoms with Crippen molar-refractivity contribution in [3.8, 4) is 0 Å². The van der Waals surface area contributed by atoms with Gasteiger partial charge < -0.3 is 10.2 Å². The van der Waals surface area contributed by atoms with Crippen LogP contribution in [0, 0.1) is 0 Å². The Bertz CT molecular complexity index is 411. The lowest BCUT2D eigenvalue weighted by Gasteiger charge is -2.26. The largest absolute Gasteiger partial charge is 0.326 e. The van der Waals surface area contributed by atoms with Gasteiger partial charge in [-0.05, 0) is 63.0 Å². The van der Waals surface area contributed by atoms with Crippen LogP contribution in [0.3, 0.4) is 0 Å². The molecular weight excluding hydrogens is 236 g/mol. The van der Waals surface area contributed by atoms with E-state index >= 15 is 0 Å². The molecule has 1 saturated heterocycles. The van der Waals surface area contributed by atoms with Gasteiger partial charge in [0.25, 0.3) is 0 Å². The first kappa shape index (κ1) is 14.1. The van der Waals surface area contributed by atoms with E-state index in [9.17, 15) is 4.79 Å². The van der Waals surface area contributed by atoms with Crippen LogP contribution in [0.15, 0.2) is 24.3 Å². The highest BCUT2D eigenvalue weighted by atomic mass is 16.1. The second-order valence-corrected chi connectivity index (χ2v) is 5.39. The molecule has 1 aliphatic heterocycles. The number of likely N-dealkylation sites (tertiary alicyclic amines) is 1. The van der Waals surface area contributed by atoms with Crippen molar-refractivity contribution in [1.29, 1.82) is 0 Å². The van der Waals surface area contributed by atoms with Gasteiger partial charge in [0.05, 0.1) is 0 Å². The second-order valence-electron chi connectivity index (χ2n) is 5.39. The van der Waals surface area contributed by atoms with Crippen molar-refractivity contribution in [2.45, 2.75) is 39.0 Å². The molecule has 0 aliphatic carbocycles. The summed E-state index contributed by atoms with van der Waals surface area (Å²) in [6.45, 7) is 5.28. The fraction of sp³-hybridized carbons (Fsp3) is 0.562. The summed E-state index contributed by atoms with van der Waals surface area (Å²) in [5.41, 5.74) is 2.21. The third-order valence-corrected chi connectivity index (χ3v) is 3.64. The molecule has 3 heteroatoms. The van der Waals surface area contributed by atoms with Crippen molar-refractivity contribution in [3.63, 3.8) is 0 Å². The quantitative estimate of drug-likeness (QED) is 0.882. The summed E-state index contributed by atoms with van der Waals surface area (Å²) in [5, 5.41) is 2.84. The monoisotopic (exact) mass is 260 g/mol. The Morgan fingerprint density at radius 3 is 2.79 bits per heavy atom. The Morgan fingerprint density at radius 2 is 2.05 bits per heavy atom. The van der Waals surface area contributed by atoms with Crippen LogP contribution in [0.2, 0.25) is 0 Å². The van der Waals surface area contributed by atoms with Crippen LogP contribution in [0.1, 0.15) is 38.2 Å². The van der Waals surface area contributed by atoms with Crippen molar-refractivity contribution < 1.29 is 4.79 Å². The van der Waals surface area contributed by atoms with Gasteiger partial charge in [-0.15, -0.1) is 0 Å². The fourth-order valence-corrected chi connectivity index (χ4v) is 2.70. The average Bonchev–Trinajstić information content (AvgIpc) is 2.40. The summed E-state index contributed by atoms with van der Waals surface area (Å²) in [7, 11) is 0. The SMILES string of the molecule is CC(=O)Nc1cccc(CCCN2CCCCC2)c1. The van der Waals surface area contributed by atoms with E-state index < -0.39 is 0 Å². The number of piperidine rings is 1. The zero-order valence-electron chi connectivity index (χ0n) is 11.8. The molecule has 1 heterocycles. The molecule has 1 amide bonds. The van der Waals surface area contributed by atoms with Crippen LogP contribution >= 0.6 is 0 Å². The summed E-state index contributed by atoms with van der Waals surface area (Å²) < 4.78 is 0. The summed E-state index contributed by atoms with van der Waals surface area (Å²) in [5.74, 6) is -0.00883. The van der Waals surface area contributed by atoms with Gasteiger partial charge in [0.2, 0.25) is 5.91 Å². The van der Waals surface area contributed by atoms with Crippen LogP contribution in [-0.2, 0) is 11.2 Å². The molecule has 0 aromatic heterocycles. The zero-order valence-corrected chi connectivity index (χ0v) is 11.8. The summed E-state index contributed by atoms with van der Waals surface area (Å²) in [6.07, 6.45) is 6.40. The van der Waals surface area contributed by atoms with Gasteiger partial charge in [-0.2, -0.15) is 0 Å². The van der Waals surface area contributed by atoms with Gasteiger partial charge in [-0.1, -0.05) is 18.6 Å². The van der Waals surface area contributed by atoms with Crippen LogP contribution in [0.4, 0.5) is 5.69 Å². The molecule has 3 nitrogen and oxygen atoms in total. The number of rotatable bonds is 5. The predicted molar refractivity (Wildman–Crippen MR) is 79.4 cm³/mol. The van der Waals surface area contributed by atoms with E-state index in [0.29, 0.717) is 0 Å². The lowest BCUT2D eigenvalue weighted by Crippen LogP contribution is -2.30. The second kappa shape index (κ2) is 7.29. The van der Waals surface area contributed by atoms with Gasteiger partial charge in [-0.25, -0.2) is 0 Å². The van der Waals surface area contributed by atoms with Crippen molar-refractivity contribution in [2.75, 3.05) is 25.0 Å². The molecular formula is C16H24N2O. The van der Waals surface area contributed by atoms with E-state index in [2.05, 4.69) is 22.3 Å². The molecule has 19 heavy (non-hydrogen) atoms. The molecule has 0 atom stereocenters. The van der Waals surface area contributed by atoms with Crippen molar-refractivity contribution in [2.24, 2.45) is 0 Å². The standard InChI is InChI=1S/C16H24N2O/c1-14(19)17-16-9-5-7-15(13-16)8-6-12-18-10-3-2-4-11-18/h5,7,9,13H,2-4,6,8,10-12H2,1H3,(H,17,19). The maximum Gasteiger partial charge on any atom is 0.221 e. The highest BCUT2D eigenvalue weighted by Gasteiger charge is 2.09. The first-order valence-corrected chi connectivity index (χ1v) is 7.33. The van der Waals surface area contributed by atoms with Gasteiger partial charge in [0, 0.05) is 12.6 Å². The Balaban J connectivity index is 1.77. The van der Waals surface area contributed by atoms with Gasteiger partial charge >= 0.3 is 0 Å². The normalized spacial score (nSPS) is 16.3. The number of hydrogen-bond acceptors (Lipinski definition) is 2. The van der Waals surface area contributed by atoms with Gasteiger partial charge in [0.1, 0.15) is 0 Å². The number of carbonyl (C=O) groups excluding carboxylic acids is 1. The van der Waals surface area contributed by atoms with E-state index in [1.807, 2.05) is 12.1 Å². The molecule has 0 bridgehead atoms. The summed E-state index contributed by atoms with van der Waals surface area (Å²) in [4.78, 5) is 13.6. The molecule has 1 aliphatic rings. The van der Waals surface area contributed by atoms with Gasteiger partial charge in [-0.3, -0.25) is 4.79 Å². The molecule has 1 aromatic rings. The topological polar surface area (TPSA) is 32.3 Å². The number of nitrogens with zero attached hydrogens (tertiary/aromatic N) is 1. The third-order valence-electron chi connectivity index (χ3n) is 3.64. The van der Waals surface area contributed by atoms with Crippen LogP contribution in [0.5, 0.6) is 0 Å². The van der Waals surface area contributed by atoms with E-state index in [0.717, 1.165) is 12.1 Å². The van der Waals surface area contributed by atoms with E-state index in [1.54, 1.807) is 6.92 Å². The average molecular weight is 260 g/mol. The minimum Gasteiger partial charge on any atom is -0.326 e. The molecule has 0 radical (unpaired) electrons. The van der Waals surface area contributed by atoms with Crippen molar-refractivity contribution in [1.82, 2.24) is 4.90 Å². The predicted octanol–water partition coefficient (Wildman–Crippen LogP) is 3.06. The van der Waals surface area contributed by atoms with E-state index in [-0.39, 0.29) is 5.91 Å². The van der Waals surface area contributed by atoms with E-state index in [4.69, 9.17) is 0 Å². The van der Waals surface area contributed by atoms with E-state index in [1.165, 1.54) is 50.9 Å². The third kappa shape index (κ3) is 5.03. The van der Waals surface area contributed by atoms with Crippen molar-refractivity contribution in [3.05, 3.63) is 29.8 Å². The Hall–Kier alpha value is -1.35. The first-order chi connectivity index (χ1) is 9.24. The molecule has 2 rings (SSSR count). The van der Waals surface area contributed by atoms with Crippen LogP contribution in [-0.4, -0.2) is 30.4 Å². The highest BCUT2D eigenvalue weighted by molar-refractivity contribution is 5.88. The number of amides is 1. The lowest BCUT2D eigenvalue weighted by atomic mass is 10.1. The number of nitrogens with one attached hydrogen (secondary N) is 1. The Morgan fingerprint density at radius 1 is 1.26 bits per heavy atom. The number of benzene rings is 1. The number of carbonyl (C=O) groups is 1. The van der Waals surface area contributed by atoms with Crippen LogP contribution in [0.25, 0.3) is 0 Å².